The van der Waals surface area contributed by atoms with E-state index in [-0.39, 0.29) is 41.7 Å². The Morgan fingerprint density at radius 2 is 1.47 bits per heavy atom. The van der Waals surface area contributed by atoms with Crippen LogP contribution in [0.1, 0.15) is 106 Å². The minimum Gasteiger partial charge on any atom is -0.432 e. The van der Waals surface area contributed by atoms with Crippen molar-refractivity contribution in [1.82, 2.24) is 15.0 Å². The average molecular weight is 833 g/mol. The van der Waals surface area contributed by atoms with Gasteiger partial charge in [-0.05, 0) is 86.7 Å². The number of aromatic nitrogens is 3. The molecular formula is C47H60N6O6Si. The van der Waals surface area contributed by atoms with E-state index in [9.17, 15) is 19.5 Å². The maximum absolute atomic E-state index is 15.4. The van der Waals surface area contributed by atoms with Gasteiger partial charge in [-0.1, -0.05) is 80.3 Å². The average Bonchev–Trinajstić information content (AvgIpc) is 3.88. The van der Waals surface area contributed by atoms with Gasteiger partial charge in [-0.3, -0.25) is 19.1 Å². The summed E-state index contributed by atoms with van der Waals surface area (Å²) in [6.45, 7) is 7.85. The summed E-state index contributed by atoms with van der Waals surface area (Å²) >= 11 is 0. The van der Waals surface area contributed by atoms with Gasteiger partial charge in [0.1, 0.15) is 0 Å². The number of aliphatic hydroxyl groups is 1. The van der Waals surface area contributed by atoms with E-state index in [2.05, 4.69) is 10.3 Å². The van der Waals surface area contributed by atoms with Gasteiger partial charge in [0.05, 0.1) is 36.6 Å². The van der Waals surface area contributed by atoms with Gasteiger partial charge in [0.15, 0.2) is 13.9 Å². The minimum atomic E-state index is -2.97. The minimum absolute atomic E-state index is 0.0893. The Kier molecular flexibility index (Phi) is 12.4. The van der Waals surface area contributed by atoms with Crippen LogP contribution in [0.3, 0.4) is 0 Å². The molecule has 3 fully saturated rings. The molecule has 0 bridgehead atoms. The standard InChI is InChI=1S/C47H60N6O6Si/c1-33-45(60(2,3)58)42(25-28-50-31-40(48-49-50)38(32-54)35-15-9-8-10-16-35)59-47(33)39-29-37(52-27-14-7-5-12-18-44(52)56)23-24-41(39)53(46(47)57)30-34-19-21-36(22-20-34)51-26-13-6-4-11-17-43(51)55/h8-10,15-16,19-24,29,31,33,38,42,45,54,58H,4-7,11-14,17-18,25-28,30,32H2,1-3H3/t33-,38?,42+,45-,47+/m1/s1. The molecule has 2 N–H and O–H groups in total. The molecule has 0 aliphatic carbocycles. The van der Waals surface area contributed by atoms with Gasteiger partial charge in [-0.15, -0.1) is 5.10 Å². The first-order valence-electron chi connectivity index (χ1n) is 22.1. The highest BCUT2D eigenvalue weighted by atomic mass is 28.4. The lowest BCUT2D eigenvalue weighted by Crippen LogP contribution is -2.46. The van der Waals surface area contributed by atoms with E-state index in [0.29, 0.717) is 51.1 Å². The Morgan fingerprint density at radius 3 is 2.12 bits per heavy atom. The van der Waals surface area contributed by atoms with Crippen LogP contribution in [0.15, 0.2) is 79.0 Å². The lowest BCUT2D eigenvalue weighted by molar-refractivity contribution is -0.146. The van der Waals surface area contributed by atoms with Gasteiger partial charge in [0.2, 0.25) is 11.8 Å². The van der Waals surface area contributed by atoms with Crippen molar-refractivity contribution in [3.05, 3.63) is 101 Å². The van der Waals surface area contributed by atoms with E-state index in [1.54, 1.807) is 4.68 Å². The van der Waals surface area contributed by atoms with Crippen LogP contribution in [-0.4, -0.2) is 76.7 Å². The summed E-state index contributed by atoms with van der Waals surface area (Å²) in [5.41, 5.74) is 3.97. The molecule has 3 amide bonds. The van der Waals surface area contributed by atoms with Crippen molar-refractivity contribution in [2.75, 3.05) is 34.4 Å². The molecule has 1 spiro atoms. The van der Waals surface area contributed by atoms with Gasteiger partial charge < -0.3 is 29.3 Å². The smallest absolute Gasteiger partial charge is 0.264 e. The molecule has 3 saturated heterocycles. The Hall–Kier alpha value is -4.69. The molecule has 60 heavy (non-hydrogen) atoms. The third kappa shape index (κ3) is 8.21. The number of aryl methyl sites for hydroxylation is 1. The quantitative estimate of drug-likeness (QED) is 0.149. The van der Waals surface area contributed by atoms with Crippen molar-refractivity contribution < 1.29 is 29.0 Å². The SMILES string of the molecule is C[C@@H]1[C@@H]([Si](C)(C)O)[C@H](CCn2cc(C(CO)c3ccccc3)nn2)O[C@@]12C(=O)N(Cc1ccc(N3CCCCCCC3=O)cc1)c1ccc(N3CCCCCCC3=O)cc12. The predicted octanol–water partition coefficient (Wildman–Crippen LogP) is 7.43. The summed E-state index contributed by atoms with van der Waals surface area (Å²) in [7, 11) is -2.97. The summed E-state index contributed by atoms with van der Waals surface area (Å²) in [4.78, 5) is 59.5. The third-order valence-electron chi connectivity index (χ3n) is 13.5. The Balaban J connectivity index is 1.12. The molecule has 1 aromatic heterocycles. The van der Waals surface area contributed by atoms with E-state index in [4.69, 9.17) is 4.74 Å². The fourth-order valence-electron chi connectivity index (χ4n) is 10.4. The maximum atomic E-state index is 15.4. The van der Waals surface area contributed by atoms with Crippen LogP contribution in [0.4, 0.5) is 17.1 Å². The maximum Gasteiger partial charge on any atom is 0.264 e. The molecule has 318 valence electrons. The van der Waals surface area contributed by atoms with Gasteiger partial charge in [-0.2, -0.15) is 0 Å². The molecule has 13 heteroatoms. The third-order valence-corrected chi connectivity index (χ3v) is 16.0. The number of benzene rings is 3. The molecule has 5 atom stereocenters. The van der Waals surface area contributed by atoms with E-state index < -0.39 is 20.0 Å². The largest absolute Gasteiger partial charge is 0.432 e. The van der Waals surface area contributed by atoms with Gasteiger partial charge >= 0.3 is 0 Å². The highest BCUT2D eigenvalue weighted by Crippen LogP contribution is 2.60. The topological polar surface area (TPSA) is 141 Å². The zero-order valence-corrected chi connectivity index (χ0v) is 36.3. The van der Waals surface area contributed by atoms with Crippen LogP contribution in [0.2, 0.25) is 18.6 Å². The second-order valence-corrected chi connectivity index (χ2v) is 21.9. The highest BCUT2D eigenvalue weighted by Gasteiger charge is 2.66. The van der Waals surface area contributed by atoms with Crippen LogP contribution < -0.4 is 14.7 Å². The molecule has 0 radical (unpaired) electrons. The summed E-state index contributed by atoms with van der Waals surface area (Å²) in [6, 6.07) is 23.7. The summed E-state index contributed by atoms with van der Waals surface area (Å²) in [5, 5.41) is 19.1. The fourth-order valence-corrected chi connectivity index (χ4v) is 13.0. The molecule has 5 heterocycles. The first-order valence-corrected chi connectivity index (χ1v) is 25.1. The van der Waals surface area contributed by atoms with E-state index >= 15 is 4.79 Å². The molecule has 1 unspecified atom stereocenters. The zero-order valence-electron chi connectivity index (χ0n) is 35.3. The number of ether oxygens (including phenoxy) is 1. The van der Waals surface area contributed by atoms with E-state index in [1.165, 1.54) is 0 Å². The Labute approximate surface area is 354 Å². The second-order valence-electron chi connectivity index (χ2n) is 17.9. The Bertz CT molecular complexity index is 2160. The monoisotopic (exact) mass is 832 g/mol. The number of anilines is 3. The molecule has 0 saturated carbocycles. The van der Waals surface area contributed by atoms with E-state index in [1.807, 2.05) is 114 Å². The summed E-state index contributed by atoms with van der Waals surface area (Å²) in [5.74, 6) is -0.626. The second kappa shape index (κ2) is 17.7. The number of carbonyl (C=O) groups is 3. The lowest BCUT2D eigenvalue weighted by Gasteiger charge is -2.33. The van der Waals surface area contributed by atoms with Crippen LogP contribution in [0, 0.1) is 5.92 Å². The lowest BCUT2D eigenvalue weighted by atomic mass is 9.82. The van der Waals surface area contributed by atoms with Crippen LogP contribution in [-0.2, 0) is 37.8 Å². The first kappa shape index (κ1) is 42.0. The zero-order chi connectivity index (χ0) is 42.0. The van der Waals surface area contributed by atoms with Crippen molar-refractivity contribution in [2.24, 2.45) is 5.92 Å². The molecule has 4 aliphatic heterocycles. The number of hydrogen-bond donors (Lipinski definition) is 2. The summed E-state index contributed by atoms with van der Waals surface area (Å²) in [6.07, 6.45) is 10.9. The van der Waals surface area contributed by atoms with E-state index in [0.717, 1.165) is 85.1 Å². The summed E-state index contributed by atoms with van der Waals surface area (Å²) < 4.78 is 8.97. The molecular weight excluding hydrogens is 773 g/mol. The van der Waals surface area contributed by atoms with Crippen molar-refractivity contribution in [2.45, 2.75) is 127 Å². The molecule has 12 nitrogen and oxygen atoms in total. The number of rotatable bonds is 11. The van der Waals surface area contributed by atoms with Crippen molar-refractivity contribution in [3.8, 4) is 0 Å². The van der Waals surface area contributed by atoms with Gasteiger partial charge in [-0.25, -0.2) is 0 Å². The molecule has 4 aliphatic rings. The number of nitrogens with zero attached hydrogens (tertiary/aromatic N) is 6. The first-order chi connectivity index (χ1) is 29.0. The highest BCUT2D eigenvalue weighted by molar-refractivity contribution is 6.71. The van der Waals surface area contributed by atoms with Crippen LogP contribution in [0.25, 0.3) is 0 Å². The number of amides is 3. The molecule has 4 aromatic rings. The van der Waals surface area contributed by atoms with Crippen LogP contribution in [0.5, 0.6) is 0 Å². The van der Waals surface area contributed by atoms with Gasteiger partial charge in [0, 0.05) is 67.1 Å². The number of fused-ring (bicyclic) bond motifs is 2. The normalized spacial score (nSPS) is 24.6. The van der Waals surface area contributed by atoms with Crippen molar-refractivity contribution in [1.29, 1.82) is 0 Å². The number of carbonyl (C=O) groups excluding carboxylic acids is 3. The number of hydrogen-bond acceptors (Lipinski definition) is 8. The predicted molar refractivity (Wildman–Crippen MR) is 234 cm³/mol. The Morgan fingerprint density at radius 1 is 0.833 bits per heavy atom. The molecule has 8 rings (SSSR count). The molecule has 3 aromatic carbocycles. The van der Waals surface area contributed by atoms with Crippen molar-refractivity contribution >= 4 is 43.1 Å². The van der Waals surface area contributed by atoms with Crippen molar-refractivity contribution in [3.63, 3.8) is 0 Å². The van der Waals surface area contributed by atoms with Crippen LogP contribution >= 0.6 is 0 Å². The number of aliphatic hydroxyl groups excluding tert-OH is 1. The van der Waals surface area contributed by atoms with Gasteiger partial charge in [0.25, 0.3) is 5.91 Å². The fraction of sp³-hybridized carbons (Fsp3) is 0.511.